The monoisotopic (exact) mass is 289 g/mol. The Balaban J connectivity index is 3.45. The van der Waals surface area contributed by atoms with Crippen molar-refractivity contribution in [3.63, 3.8) is 0 Å². The SMILES string of the molecule is CC(C)(C(Cl)=C(C#N)c1cccs1)S(C)(=O)=O. The molecule has 0 fully saturated rings. The lowest BCUT2D eigenvalue weighted by atomic mass is 10.1. The van der Waals surface area contributed by atoms with E-state index >= 15 is 0 Å². The Morgan fingerprint density at radius 1 is 1.53 bits per heavy atom. The lowest BCUT2D eigenvalue weighted by molar-refractivity contribution is 0.577. The molecule has 6 heteroatoms. The molecule has 0 N–H and O–H groups in total. The molecule has 0 spiro atoms. The van der Waals surface area contributed by atoms with Gasteiger partial charge < -0.3 is 0 Å². The van der Waals surface area contributed by atoms with Crippen LogP contribution in [0.1, 0.15) is 18.7 Å². The normalized spacial score (nSPS) is 14.1. The minimum Gasteiger partial charge on any atom is -0.228 e. The van der Waals surface area contributed by atoms with Crippen molar-refractivity contribution in [2.24, 2.45) is 0 Å². The van der Waals surface area contributed by atoms with Crippen molar-refractivity contribution in [3.8, 4) is 6.07 Å². The van der Waals surface area contributed by atoms with Crippen LogP contribution in [0.3, 0.4) is 0 Å². The van der Waals surface area contributed by atoms with Gasteiger partial charge in [0.1, 0.15) is 10.8 Å². The third kappa shape index (κ3) is 2.71. The molecule has 0 aromatic carbocycles. The maximum absolute atomic E-state index is 11.7. The van der Waals surface area contributed by atoms with E-state index in [0.29, 0.717) is 4.88 Å². The zero-order valence-electron chi connectivity index (χ0n) is 9.69. The first-order valence-electron chi connectivity index (χ1n) is 4.75. The Hall–Kier alpha value is -0.830. The second kappa shape index (κ2) is 4.81. The van der Waals surface area contributed by atoms with Gasteiger partial charge in [0.05, 0.1) is 10.6 Å². The summed E-state index contributed by atoms with van der Waals surface area (Å²) in [5.74, 6) is 0. The van der Waals surface area contributed by atoms with Crippen molar-refractivity contribution in [1.82, 2.24) is 0 Å². The first-order valence-corrected chi connectivity index (χ1v) is 7.90. The first-order chi connectivity index (χ1) is 7.71. The summed E-state index contributed by atoms with van der Waals surface area (Å²) in [5.41, 5.74) is 0.220. The van der Waals surface area contributed by atoms with Crippen LogP contribution in [0.2, 0.25) is 0 Å². The van der Waals surface area contributed by atoms with Gasteiger partial charge in [0, 0.05) is 11.1 Å². The Kier molecular flexibility index (Phi) is 4.03. The molecule has 0 saturated heterocycles. The summed E-state index contributed by atoms with van der Waals surface area (Å²) in [4.78, 5) is 0.675. The third-order valence-corrected chi connectivity index (χ3v) is 6.27. The Labute approximate surface area is 110 Å². The summed E-state index contributed by atoms with van der Waals surface area (Å²) in [7, 11) is -3.38. The summed E-state index contributed by atoms with van der Waals surface area (Å²) < 4.78 is 22.1. The van der Waals surface area contributed by atoms with Gasteiger partial charge in [-0.3, -0.25) is 0 Å². The van der Waals surface area contributed by atoms with E-state index in [1.165, 1.54) is 25.2 Å². The molecule has 0 unspecified atom stereocenters. The number of sulfone groups is 1. The topological polar surface area (TPSA) is 57.9 Å². The smallest absolute Gasteiger partial charge is 0.157 e. The maximum Gasteiger partial charge on any atom is 0.157 e. The number of hydrogen-bond acceptors (Lipinski definition) is 4. The van der Waals surface area contributed by atoms with E-state index in [9.17, 15) is 8.42 Å². The summed E-state index contributed by atoms with van der Waals surface area (Å²) in [6.07, 6.45) is 1.11. The third-order valence-electron chi connectivity index (χ3n) is 2.55. The molecule has 17 heavy (non-hydrogen) atoms. The lowest BCUT2D eigenvalue weighted by Gasteiger charge is -2.22. The van der Waals surface area contributed by atoms with Crippen molar-refractivity contribution in [2.45, 2.75) is 18.6 Å². The molecule has 92 valence electrons. The second-order valence-electron chi connectivity index (χ2n) is 4.06. The number of allylic oxidation sites excluding steroid dienone is 1. The summed E-state index contributed by atoms with van der Waals surface area (Å²) in [6.45, 7) is 2.99. The van der Waals surface area contributed by atoms with E-state index in [0.717, 1.165) is 6.26 Å². The number of thiophene rings is 1. The highest BCUT2D eigenvalue weighted by atomic mass is 35.5. The fraction of sp³-hybridized carbons (Fsp3) is 0.364. The molecule has 0 aliphatic carbocycles. The Bertz CT molecular complexity index is 577. The highest BCUT2D eigenvalue weighted by molar-refractivity contribution is 7.92. The first kappa shape index (κ1) is 14.2. The van der Waals surface area contributed by atoms with Gasteiger partial charge >= 0.3 is 0 Å². The van der Waals surface area contributed by atoms with Gasteiger partial charge in [0.15, 0.2) is 9.84 Å². The zero-order chi connectivity index (χ0) is 13.3. The molecule has 3 nitrogen and oxygen atoms in total. The van der Waals surface area contributed by atoms with Gasteiger partial charge in [-0.1, -0.05) is 17.7 Å². The van der Waals surface area contributed by atoms with E-state index in [-0.39, 0.29) is 10.6 Å². The number of rotatable bonds is 3. The zero-order valence-corrected chi connectivity index (χ0v) is 12.1. The fourth-order valence-electron chi connectivity index (χ4n) is 1.10. The van der Waals surface area contributed by atoms with Crippen LogP contribution in [0, 0.1) is 11.3 Å². The van der Waals surface area contributed by atoms with Gasteiger partial charge in [-0.2, -0.15) is 5.26 Å². The molecule has 0 radical (unpaired) electrons. The Morgan fingerprint density at radius 3 is 2.47 bits per heavy atom. The summed E-state index contributed by atoms with van der Waals surface area (Å²) in [5, 5.41) is 11.0. The number of nitrogens with zero attached hydrogens (tertiary/aromatic N) is 1. The van der Waals surface area contributed by atoms with E-state index < -0.39 is 14.6 Å². The maximum atomic E-state index is 11.7. The van der Waals surface area contributed by atoms with Crippen LogP contribution in [0.5, 0.6) is 0 Å². The molecule has 0 amide bonds. The van der Waals surface area contributed by atoms with Crippen molar-refractivity contribution in [3.05, 3.63) is 27.4 Å². The molecule has 0 atom stereocenters. The van der Waals surface area contributed by atoms with Crippen LogP contribution in [-0.2, 0) is 9.84 Å². The van der Waals surface area contributed by atoms with E-state index in [1.807, 2.05) is 11.4 Å². The van der Waals surface area contributed by atoms with Gasteiger partial charge in [0.2, 0.25) is 0 Å². The van der Waals surface area contributed by atoms with Crippen LogP contribution in [-0.4, -0.2) is 19.4 Å². The van der Waals surface area contributed by atoms with Crippen LogP contribution >= 0.6 is 22.9 Å². The van der Waals surface area contributed by atoms with E-state index in [1.54, 1.807) is 12.1 Å². The summed E-state index contributed by atoms with van der Waals surface area (Å²) in [6, 6.07) is 5.50. The minimum absolute atomic E-state index is 0.0601. The standard InChI is InChI=1S/C11H12ClNO2S2/c1-11(2,17(3,14)15)10(12)8(7-13)9-5-4-6-16-9/h4-6H,1-3H3. The Morgan fingerprint density at radius 2 is 2.12 bits per heavy atom. The molecule has 0 bridgehead atoms. The van der Waals surface area contributed by atoms with Crippen molar-refractivity contribution < 1.29 is 8.42 Å². The molecule has 1 aromatic rings. The largest absolute Gasteiger partial charge is 0.228 e. The van der Waals surface area contributed by atoms with Gasteiger partial charge in [-0.25, -0.2) is 8.42 Å². The minimum atomic E-state index is -3.38. The quantitative estimate of drug-likeness (QED) is 0.804. The highest BCUT2D eigenvalue weighted by Gasteiger charge is 2.36. The molecule has 0 aliphatic rings. The average molecular weight is 290 g/mol. The van der Waals surface area contributed by atoms with Crippen molar-refractivity contribution in [2.75, 3.05) is 6.26 Å². The van der Waals surface area contributed by atoms with Crippen molar-refractivity contribution >= 4 is 38.3 Å². The van der Waals surface area contributed by atoms with Gasteiger partial charge in [-0.05, 0) is 25.3 Å². The fourth-order valence-corrected chi connectivity index (χ4v) is 2.87. The molecule has 1 heterocycles. The molecular weight excluding hydrogens is 278 g/mol. The predicted molar refractivity (Wildman–Crippen MR) is 71.6 cm³/mol. The van der Waals surface area contributed by atoms with Crippen LogP contribution in [0.25, 0.3) is 5.57 Å². The van der Waals surface area contributed by atoms with Crippen LogP contribution in [0.4, 0.5) is 0 Å². The molecule has 1 rings (SSSR count). The summed E-state index contributed by atoms with van der Waals surface area (Å²) >= 11 is 7.45. The van der Waals surface area contributed by atoms with Gasteiger partial charge in [-0.15, -0.1) is 11.3 Å². The number of halogens is 1. The molecule has 0 saturated carbocycles. The number of nitriles is 1. The van der Waals surface area contributed by atoms with Crippen LogP contribution < -0.4 is 0 Å². The van der Waals surface area contributed by atoms with Gasteiger partial charge in [0.25, 0.3) is 0 Å². The average Bonchev–Trinajstić information content (AvgIpc) is 2.70. The van der Waals surface area contributed by atoms with Crippen LogP contribution in [0.15, 0.2) is 22.5 Å². The predicted octanol–water partition coefficient (Wildman–Crippen LogP) is 3.04. The second-order valence-corrected chi connectivity index (χ2v) is 7.95. The van der Waals surface area contributed by atoms with E-state index in [4.69, 9.17) is 16.9 Å². The molecular formula is C11H12ClNO2S2. The van der Waals surface area contributed by atoms with Crippen molar-refractivity contribution in [1.29, 1.82) is 5.26 Å². The van der Waals surface area contributed by atoms with E-state index in [2.05, 4.69) is 0 Å². The lowest BCUT2D eigenvalue weighted by Crippen LogP contribution is -2.31. The molecule has 0 aliphatic heterocycles. The molecule has 1 aromatic heterocycles. The number of hydrogen-bond donors (Lipinski definition) is 0. The highest BCUT2D eigenvalue weighted by Crippen LogP contribution is 2.35.